The Kier molecular flexibility index (Phi) is 5.82. The molecule has 7 heteroatoms. The molecule has 2 aromatic rings. The molecule has 1 fully saturated rings. The summed E-state index contributed by atoms with van der Waals surface area (Å²) < 4.78 is 5.59. The van der Waals surface area contributed by atoms with Gasteiger partial charge in [-0.1, -0.05) is 23.7 Å². The molecule has 0 aromatic heterocycles. The van der Waals surface area contributed by atoms with Gasteiger partial charge in [-0.2, -0.15) is 0 Å². The van der Waals surface area contributed by atoms with Crippen LogP contribution in [0.4, 0.5) is 5.69 Å². The van der Waals surface area contributed by atoms with Crippen molar-refractivity contribution in [1.82, 2.24) is 5.32 Å². The van der Waals surface area contributed by atoms with Gasteiger partial charge in [0.1, 0.15) is 11.3 Å². The van der Waals surface area contributed by atoms with Crippen LogP contribution in [-0.4, -0.2) is 23.5 Å². The summed E-state index contributed by atoms with van der Waals surface area (Å²) in [6, 6.07) is 10.6. The largest absolute Gasteiger partial charge is 0.493 e. The molecule has 1 N–H and O–H groups in total. The van der Waals surface area contributed by atoms with Gasteiger partial charge in [0.05, 0.1) is 12.3 Å². The van der Waals surface area contributed by atoms with E-state index in [0.717, 1.165) is 11.1 Å². The molecule has 1 aliphatic rings. The number of aryl methyl sites for hydroxylation is 1. The number of ether oxygens (including phenoxy) is 1. The highest BCUT2D eigenvalue weighted by Crippen LogP contribution is 2.29. The first kappa shape index (κ1) is 20.0. The van der Waals surface area contributed by atoms with E-state index < -0.39 is 11.8 Å². The van der Waals surface area contributed by atoms with Crippen molar-refractivity contribution in [2.24, 2.45) is 0 Å². The van der Waals surface area contributed by atoms with Crippen LogP contribution in [0.3, 0.4) is 0 Å². The number of halogens is 1. The summed E-state index contributed by atoms with van der Waals surface area (Å²) in [5, 5.41) is 3.12. The molecule has 0 bridgehead atoms. The molecule has 0 unspecified atom stereocenters. The van der Waals surface area contributed by atoms with E-state index in [4.69, 9.17) is 28.6 Å². The Morgan fingerprint density at radius 2 is 1.96 bits per heavy atom. The first-order chi connectivity index (χ1) is 13.3. The third-order valence-corrected chi connectivity index (χ3v) is 5.01. The Labute approximate surface area is 173 Å². The van der Waals surface area contributed by atoms with Crippen LogP contribution in [0.5, 0.6) is 5.75 Å². The average Bonchev–Trinajstić information content (AvgIpc) is 2.64. The summed E-state index contributed by atoms with van der Waals surface area (Å²) in [6.45, 7) is 6.15. The maximum Gasteiger partial charge on any atom is 0.270 e. The molecule has 0 radical (unpaired) electrons. The number of benzene rings is 2. The van der Waals surface area contributed by atoms with Gasteiger partial charge in [-0.3, -0.25) is 19.8 Å². The second kappa shape index (κ2) is 8.12. The van der Waals surface area contributed by atoms with Gasteiger partial charge in [-0.15, -0.1) is 0 Å². The minimum absolute atomic E-state index is 0.0438. The predicted octanol–water partition coefficient (Wildman–Crippen LogP) is 4.19. The number of amides is 2. The fourth-order valence-electron chi connectivity index (χ4n) is 2.93. The van der Waals surface area contributed by atoms with Gasteiger partial charge in [-0.25, -0.2) is 0 Å². The van der Waals surface area contributed by atoms with E-state index in [2.05, 4.69) is 5.32 Å². The number of thiocarbonyl (C=S) groups is 1. The molecule has 0 aliphatic carbocycles. The van der Waals surface area contributed by atoms with Crippen LogP contribution in [0.15, 0.2) is 42.0 Å². The second-order valence-corrected chi connectivity index (χ2v) is 7.12. The number of carbonyl (C=O) groups is 2. The quantitative estimate of drug-likeness (QED) is 0.463. The lowest BCUT2D eigenvalue weighted by atomic mass is 10.0. The maximum atomic E-state index is 13.2. The maximum absolute atomic E-state index is 13.2. The number of nitrogens with one attached hydrogen (secondary N) is 1. The number of nitrogens with zero attached hydrogens (tertiary/aromatic N) is 1. The van der Waals surface area contributed by atoms with E-state index in [1.807, 2.05) is 32.9 Å². The molecule has 0 spiro atoms. The Balaban J connectivity index is 2.10. The zero-order valence-corrected chi connectivity index (χ0v) is 17.3. The van der Waals surface area contributed by atoms with Crippen LogP contribution in [0.25, 0.3) is 6.08 Å². The minimum atomic E-state index is -0.556. The third-order valence-electron chi connectivity index (χ3n) is 4.49. The third kappa shape index (κ3) is 3.79. The zero-order chi connectivity index (χ0) is 20.4. The van der Waals surface area contributed by atoms with Crippen molar-refractivity contribution in [2.75, 3.05) is 11.5 Å². The lowest BCUT2D eigenvalue weighted by Crippen LogP contribution is -2.54. The lowest BCUT2D eigenvalue weighted by Gasteiger charge is -2.30. The molecule has 1 aliphatic heterocycles. The number of carbonyl (C=O) groups excluding carboxylic acids is 2. The normalized spacial score (nSPS) is 15.8. The highest BCUT2D eigenvalue weighted by Gasteiger charge is 2.35. The number of rotatable bonds is 4. The van der Waals surface area contributed by atoms with Crippen molar-refractivity contribution in [1.29, 1.82) is 0 Å². The van der Waals surface area contributed by atoms with Gasteiger partial charge in [0.2, 0.25) is 0 Å². The van der Waals surface area contributed by atoms with Crippen molar-refractivity contribution in [3.63, 3.8) is 0 Å². The Hall–Kier alpha value is -2.70. The van der Waals surface area contributed by atoms with E-state index in [9.17, 15) is 9.59 Å². The molecule has 3 rings (SSSR count). The van der Waals surface area contributed by atoms with Gasteiger partial charge in [0, 0.05) is 10.6 Å². The molecule has 28 heavy (non-hydrogen) atoms. The number of hydrogen-bond acceptors (Lipinski definition) is 4. The topological polar surface area (TPSA) is 58.6 Å². The summed E-state index contributed by atoms with van der Waals surface area (Å²) in [4.78, 5) is 27.1. The van der Waals surface area contributed by atoms with Gasteiger partial charge >= 0.3 is 0 Å². The van der Waals surface area contributed by atoms with Crippen LogP contribution in [0.1, 0.15) is 23.6 Å². The van der Waals surface area contributed by atoms with Crippen LogP contribution in [0, 0.1) is 13.8 Å². The van der Waals surface area contributed by atoms with Crippen molar-refractivity contribution in [2.45, 2.75) is 20.8 Å². The zero-order valence-electron chi connectivity index (χ0n) is 15.7. The molecule has 2 amide bonds. The van der Waals surface area contributed by atoms with Gasteiger partial charge < -0.3 is 4.74 Å². The van der Waals surface area contributed by atoms with E-state index in [1.54, 1.807) is 24.3 Å². The molecule has 0 atom stereocenters. The SMILES string of the molecule is CCOc1ccc(Cl)cc1/C=C1\C(=O)NC(=S)N(c2cccc(C)c2C)C1=O. The molecule has 2 aromatic carbocycles. The lowest BCUT2D eigenvalue weighted by molar-refractivity contribution is -0.122. The fraction of sp³-hybridized carbons (Fsp3) is 0.190. The summed E-state index contributed by atoms with van der Waals surface area (Å²) in [6.07, 6.45) is 1.48. The summed E-state index contributed by atoms with van der Waals surface area (Å²) in [5.41, 5.74) is 3.06. The summed E-state index contributed by atoms with van der Waals surface area (Å²) in [5.74, 6) is -0.518. The Bertz CT molecular complexity index is 1020. The van der Waals surface area contributed by atoms with Crippen molar-refractivity contribution < 1.29 is 14.3 Å². The highest BCUT2D eigenvalue weighted by atomic mass is 35.5. The van der Waals surface area contributed by atoms with Crippen molar-refractivity contribution in [3.8, 4) is 5.75 Å². The minimum Gasteiger partial charge on any atom is -0.493 e. The van der Waals surface area contributed by atoms with Crippen LogP contribution in [-0.2, 0) is 9.59 Å². The molecular formula is C21H19ClN2O3S. The number of anilines is 1. The van der Waals surface area contributed by atoms with Crippen molar-refractivity contribution >= 4 is 52.5 Å². The summed E-state index contributed by atoms with van der Waals surface area (Å²) >= 11 is 11.4. The average molecular weight is 415 g/mol. The molecule has 5 nitrogen and oxygen atoms in total. The molecule has 0 saturated carbocycles. The second-order valence-electron chi connectivity index (χ2n) is 6.29. The highest BCUT2D eigenvalue weighted by molar-refractivity contribution is 7.80. The first-order valence-corrected chi connectivity index (χ1v) is 9.52. The first-order valence-electron chi connectivity index (χ1n) is 8.73. The predicted molar refractivity (Wildman–Crippen MR) is 115 cm³/mol. The van der Waals surface area contributed by atoms with Crippen LogP contribution >= 0.6 is 23.8 Å². The smallest absolute Gasteiger partial charge is 0.270 e. The van der Waals surface area contributed by atoms with Crippen LogP contribution < -0.4 is 15.0 Å². The van der Waals surface area contributed by atoms with E-state index in [0.29, 0.717) is 28.6 Å². The van der Waals surface area contributed by atoms with E-state index >= 15 is 0 Å². The number of hydrogen-bond donors (Lipinski definition) is 1. The van der Waals surface area contributed by atoms with E-state index in [1.165, 1.54) is 11.0 Å². The Morgan fingerprint density at radius 3 is 2.68 bits per heavy atom. The van der Waals surface area contributed by atoms with Gasteiger partial charge in [-0.05, 0) is 74.5 Å². The monoisotopic (exact) mass is 414 g/mol. The molecule has 1 saturated heterocycles. The standard InChI is InChI=1S/C21H19ClN2O3S/c1-4-27-18-9-8-15(22)10-14(18)11-16-19(25)23-21(28)24(20(16)26)17-7-5-6-12(2)13(17)3/h5-11H,4H2,1-3H3,(H,23,25,28)/b16-11+. The molecule has 144 valence electrons. The van der Waals surface area contributed by atoms with Crippen LogP contribution in [0.2, 0.25) is 5.02 Å². The Morgan fingerprint density at radius 1 is 1.21 bits per heavy atom. The van der Waals surface area contributed by atoms with E-state index in [-0.39, 0.29) is 10.7 Å². The fourth-order valence-corrected chi connectivity index (χ4v) is 3.38. The molecular weight excluding hydrogens is 396 g/mol. The van der Waals surface area contributed by atoms with Gasteiger partial charge in [0.15, 0.2) is 5.11 Å². The molecule has 1 heterocycles. The van der Waals surface area contributed by atoms with Gasteiger partial charge in [0.25, 0.3) is 11.8 Å². The summed E-state index contributed by atoms with van der Waals surface area (Å²) in [7, 11) is 0. The van der Waals surface area contributed by atoms with Crippen molar-refractivity contribution in [3.05, 3.63) is 63.7 Å².